The van der Waals surface area contributed by atoms with Crippen LogP contribution in [-0.4, -0.2) is 58.9 Å². The van der Waals surface area contributed by atoms with E-state index in [2.05, 4.69) is 15.8 Å². The Labute approximate surface area is 240 Å². The van der Waals surface area contributed by atoms with E-state index in [1.54, 1.807) is 67.6 Å². The third-order valence-corrected chi connectivity index (χ3v) is 8.26. The third-order valence-electron chi connectivity index (χ3n) is 6.48. The molecule has 0 saturated carbocycles. The largest absolute Gasteiger partial charge is 0.484 e. The maximum Gasteiger partial charge on any atom is 0.264 e. The number of nitrogens with one attached hydrogen (secondary N) is 2. The number of amides is 2. The number of hydrogen-bond donors (Lipinski definition) is 2. The highest BCUT2D eigenvalue weighted by molar-refractivity contribution is 7.92. The van der Waals surface area contributed by atoms with Crippen LogP contribution in [-0.2, 0) is 24.3 Å². The van der Waals surface area contributed by atoms with Crippen LogP contribution < -0.4 is 19.8 Å². The topological polar surface area (TPSA) is 126 Å². The van der Waals surface area contributed by atoms with Gasteiger partial charge in [-0.15, -0.1) is 0 Å². The number of nitrogens with zero attached hydrogens (tertiary/aromatic N) is 2. The highest BCUT2D eigenvalue weighted by Crippen LogP contribution is 2.26. The Hall–Kier alpha value is -4.22. The lowest BCUT2D eigenvalue weighted by atomic mass is 10.2. The van der Waals surface area contributed by atoms with Crippen LogP contribution in [0.1, 0.15) is 29.5 Å². The molecular weight excluding hydrogens is 544 g/mol. The molecule has 0 bridgehead atoms. The number of benzene rings is 3. The summed E-state index contributed by atoms with van der Waals surface area (Å²) in [7, 11) is -4.02. The van der Waals surface area contributed by atoms with Crippen molar-refractivity contribution in [1.29, 1.82) is 0 Å². The molecule has 0 spiro atoms. The van der Waals surface area contributed by atoms with Gasteiger partial charge in [-0.3, -0.25) is 13.9 Å². The molecule has 41 heavy (non-hydrogen) atoms. The number of hydrazone groups is 1. The Morgan fingerprint density at radius 1 is 1.02 bits per heavy atom. The Morgan fingerprint density at radius 3 is 2.44 bits per heavy atom. The first-order valence-electron chi connectivity index (χ1n) is 13.3. The molecule has 2 amide bonds. The Morgan fingerprint density at radius 2 is 1.76 bits per heavy atom. The highest BCUT2D eigenvalue weighted by atomic mass is 32.2. The van der Waals surface area contributed by atoms with Crippen LogP contribution in [0.3, 0.4) is 0 Å². The predicted molar refractivity (Wildman–Crippen MR) is 157 cm³/mol. The normalized spacial score (nSPS) is 15.0. The number of carbonyl (C=O) groups is 2. The van der Waals surface area contributed by atoms with Crippen LogP contribution in [0.4, 0.5) is 5.69 Å². The molecule has 11 heteroatoms. The van der Waals surface area contributed by atoms with E-state index >= 15 is 0 Å². The lowest BCUT2D eigenvalue weighted by Crippen LogP contribution is -2.40. The first-order chi connectivity index (χ1) is 19.7. The second-order valence-electron chi connectivity index (χ2n) is 9.70. The molecule has 0 aliphatic carbocycles. The van der Waals surface area contributed by atoms with E-state index in [4.69, 9.17) is 9.47 Å². The quantitative estimate of drug-likeness (QED) is 0.251. The molecule has 2 N–H and O–H groups in total. The SMILES string of the molecule is Cc1ccc(S(=O)(=O)N(CC(=O)N/N=C\c2ccc(OCC(=O)NC[C@@H]3CCCO3)cc2)c2ccccc2C)cc1. The van der Waals surface area contributed by atoms with E-state index in [1.807, 2.05) is 6.92 Å². The Bertz CT molecular complexity index is 1470. The van der Waals surface area contributed by atoms with Crippen molar-refractivity contribution in [2.45, 2.75) is 37.7 Å². The molecule has 4 rings (SSSR count). The monoisotopic (exact) mass is 578 g/mol. The fourth-order valence-electron chi connectivity index (χ4n) is 4.21. The smallest absolute Gasteiger partial charge is 0.264 e. The fraction of sp³-hybridized carbons (Fsp3) is 0.300. The van der Waals surface area contributed by atoms with Crippen molar-refractivity contribution in [1.82, 2.24) is 10.7 Å². The van der Waals surface area contributed by atoms with Gasteiger partial charge in [0.15, 0.2) is 6.61 Å². The van der Waals surface area contributed by atoms with Crippen LogP contribution in [0.5, 0.6) is 5.75 Å². The van der Waals surface area contributed by atoms with Crippen molar-refractivity contribution in [2.75, 3.05) is 30.6 Å². The van der Waals surface area contributed by atoms with E-state index in [1.165, 1.54) is 18.3 Å². The third kappa shape index (κ3) is 8.38. The van der Waals surface area contributed by atoms with Crippen LogP contribution in [0.25, 0.3) is 0 Å². The molecule has 216 valence electrons. The summed E-state index contributed by atoms with van der Waals surface area (Å²) in [4.78, 5) is 24.9. The summed E-state index contributed by atoms with van der Waals surface area (Å²) in [5.41, 5.74) is 5.12. The van der Waals surface area contributed by atoms with Crippen LogP contribution in [0.2, 0.25) is 0 Å². The summed E-state index contributed by atoms with van der Waals surface area (Å²) < 4.78 is 39.1. The van der Waals surface area contributed by atoms with Crippen LogP contribution in [0.15, 0.2) is 82.8 Å². The summed E-state index contributed by atoms with van der Waals surface area (Å²) in [6.07, 6.45) is 3.46. The van der Waals surface area contributed by atoms with Crippen molar-refractivity contribution in [2.24, 2.45) is 5.10 Å². The van der Waals surface area contributed by atoms with E-state index < -0.39 is 22.5 Å². The van der Waals surface area contributed by atoms with Gasteiger partial charge in [0.1, 0.15) is 12.3 Å². The van der Waals surface area contributed by atoms with Gasteiger partial charge in [0, 0.05) is 13.2 Å². The van der Waals surface area contributed by atoms with E-state index in [-0.39, 0.29) is 23.5 Å². The zero-order valence-corrected chi connectivity index (χ0v) is 23.9. The number of hydrogen-bond acceptors (Lipinski definition) is 7. The molecule has 1 heterocycles. The summed E-state index contributed by atoms with van der Waals surface area (Å²) in [5, 5.41) is 6.78. The zero-order chi connectivity index (χ0) is 29.2. The van der Waals surface area contributed by atoms with Gasteiger partial charge in [-0.1, -0.05) is 35.9 Å². The van der Waals surface area contributed by atoms with Crippen LogP contribution >= 0.6 is 0 Å². The van der Waals surface area contributed by atoms with Crippen molar-refractivity contribution >= 4 is 33.7 Å². The minimum absolute atomic E-state index is 0.0705. The second kappa shape index (κ2) is 13.9. The minimum atomic E-state index is -4.02. The first-order valence-corrected chi connectivity index (χ1v) is 14.7. The number of rotatable bonds is 12. The van der Waals surface area contributed by atoms with Gasteiger partial charge in [-0.2, -0.15) is 5.10 Å². The predicted octanol–water partition coefficient (Wildman–Crippen LogP) is 3.32. The van der Waals surface area contributed by atoms with Crippen molar-refractivity contribution in [3.05, 3.63) is 89.5 Å². The summed E-state index contributed by atoms with van der Waals surface area (Å²) in [6.45, 7) is 4.30. The molecule has 1 aliphatic rings. The van der Waals surface area contributed by atoms with E-state index in [9.17, 15) is 18.0 Å². The second-order valence-corrected chi connectivity index (χ2v) is 11.6. The average molecular weight is 579 g/mol. The Balaban J connectivity index is 1.33. The number of ether oxygens (including phenoxy) is 2. The fourth-order valence-corrected chi connectivity index (χ4v) is 5.69. The lowest BCUT2D eigenvalue weighted by molar-refractivity contribution is -0.123. The Kier molecular flexibility index (Phi) is 10.1. The minimum Gasteiger partial charge on any atom is -0.484 e. The number of anilines is 1. The average Bonchev–Trinajstić information content (AvgIpc) is 3.49. The van der Waals surface area contributed by atoms with Gasteiger partial charge < -0.3 is 14.8 Å². The molecule has 0 aromatic heterocycles. The molecule has 1 saturated heterocycles. The molecule has 10 nitrogen and oxygen atoms in total. The molecule has 0 radical (unpaired) electrons. The van der Waals surface area contributed by atoms with Crippen molar-refractivity contribution in [3.63, 3.8) is 0 Å². The summed E-state index contributed by atoms with van der Waals surface area (Å²) in [6, 6.07) is 20.3. The number of sulfonamides is 1. The van der Waals surface area contributed by atoms with Crippen molar-refractivity contribution in [3.8, 4) is 5.75 Å². The lowest BCUT2D eigenvalue weighted by Gasteiger charge is -2.25. The standard InChI is InChI=1S/C30H34N4O6S/c1-22-9-15-27(16-10-22)41(37,38)34(28-8-4-3-6-23(28)2)20-29(35)33-32-18-24-11-13-25(14-12-24)40-21-30(36)31-19-26-7-5-17-39-26/h3-4,6,8-16,18,26H,5,7,17,19-21H2,1-2H3,(H,31,36)(H,33,35)/b32-18-/t26-/m0/s1. The molecule has 1 atom stereocenters. The van der Waals surface area contributed by atoms with Gasteiger partial charge in [-0.25, -0.2) is 13.8 Å². The van der Waals surface area contributed by atoms with Gasteiger partial charge >= 0.3 is 0 Å². The van der Waals surface area contributed by atoms with E-state index in [0.29, 0.717) is 29.1 Å². The molecule has 0 unspecified atom stereocenters. The van der Waals surface area contributed by atoms with Crippen LogP contribution in [0, 0.1) is 13.8 Å². The highest BCUT2D eigenvalue weighted by Gasteiger charge is 2.28. The summed E-state index contributed by atoms with van der Waals surface area (Å²) in [5.74, 6) is -0.319. The van der Waals surface area contributed by atoms with Crippen molar-refractivity contribution < 1.29 is 27.5 Å². The molecule has 3 aromatic rings. The maximum atomic E-state index is 13.5. The molecular formula is C30H34N4O6S. The van der Waals surface area contributed by atoms with Gasteiger partial charge in [0.05, 0.1) is 22.9 Å². The van der Waals surface area contributed by atoms with E-state index in [0.717, 1.165) is 29.3 Å². The first kappa shape index (κ1) is 29.8. The molecule has 3 aromatic carbocycles. The number of carbonyl (C=O) groups excluding carboxylic acids is 2. The number of aryl methyl sites for hydroxylation is 2. The summed E-state index contributed by atoms with van der Waals surface area (Å²) >= 11 is 0. The molecule has 1 aliphatic heterocycles. The number of para-hydroxylation sites is 1. The van der Waals surface area contributed by atoms with Gasteiger partial charge in [-0.05, 0) is 80.3 Å². The maximum absolute atomic E-state index is 13.5. The van der Waals surface area contributed by atoms with Gasteiger partial charge in [0.25, 0.3) is 21.8 Å². The van der Waals surface area contributed by atoms with Gasteiger partial charge in [0.2, 0.25) is 0 Å². The molecule has 1 fully saturated rings. The zero-order valence-electron chi connectivity index (χ0n) is 23.1.